The summed E-state index contributed by atoms with van der Waals surface area (Å²) >= 11 is 0. The van der Waals surface area contributed by atoms with Crippen molar-refractivity contribution in [3.8, 4) is 0 Å². The molecule has 3 heterocycles. The monoisotopic (exact) mass is 416 g/mol. The number of fused-ring (bicyclic) bond motifs is 3. The van der Waals surface area contributed by atoms with E-state index in [9.17, 15) is 14.7 Å². The topological polar surface area (TPSA) is 95.7 Å². The van der Waals surface area contributed by atoms with E-state index in [0.717, 1.165) is 30.0 Å². The summed E-state index contributed by atoms with van der Waals surface area (Å²) in [5, 5.41) is 18.2. The van der Waals surface area contributed by atoms with Gasteiger partial charge in [-0.15, -0.1) is 0 Å². The number of hydrogen-bond acceptors (Lipinski definition) is 5. The molecule has 1 fully saturated rings. The van der Waals surface area contributed by atoms with Crippen LogP contribution in [0.3, 0.4) is 0 Å². The number of pyridine rings is 1. The van der Waals surface area contributed by atoms with Crippen molar-refractivity contribution in [2.75, 3.05) is 13.2 Å². The Bertz CT molecular complexity index is 1350. The highest BCUT2D eigenvalue weighted by molar-refractivity contribution is 6.02. The van der Waals surface area contributed by atoms with E-state index in [2.05, 4.69) is 15.6 Å². The van der Waals surface area contributed by atoms with Crippen molar-refractivity contribution < 1.29 is 9.90 Å². The van der Waals surface area contributed by atoms with Gasteiger partial charge in [0.2, 0.25) is 0 Å². The number of nitrogens with one attached hydrogen (secondary N) is 2. The second-order valence-electron chi connectivity index (χ2n) is 8.13. The standard InChI is InChI=1S/C24H24N4O3/c29-14-18-8-3-7-17(26-18)13-25-23(30)19-9-4-10-28-22(19)27-21-12-16-6-2-1-5-15(16)11-20(21)24(28)31/h1-2,4-6,9-12,17-18,26,29H,3,7-8,13-14H2,(H,25,30). The first kappa shape index (κ1) is 19.7. The minimum atomic E-state index is -0.266. The molecule has 1 saturated heterocycles. The molecular weight excluding hydrogens is 392 g/mol. The molecule has 2 atom stereocenters. The Labute approximate surface area is 178 Å². The van der Waals surface area contributed by atoms with Crippen LogP contribution in [-0.2, 0) is 0 Å². The predicted molar refractivity (Wildman–Crippen MR) is 120 cm³/mol. The molecule has 0 bridgehead atoms. The Morgan fingerprint density at radius 2 is 1.90 bits per heavy atom. The number of aromatic nitrogens is 2. The van der Waals surface area contributed by atoms with E-state index >= 15 is 0 Å². The molecule has 7 heteroatoms. The van der Waals surface area contributed by atoms with Gasteiger partial charge in [0.25, 0.3) is 11.5 Å². The van der Waals surface area contributed by atoms with Crippen molar-refractivity contribution in [2.24, 2.45) is 0 Å². The van der Waals surface area contributed by atoms with Crippen LogP contribution in [-0.4, -0.2) is 45.6 Å². The van der Waals surface area contributed by atoms with Gasteiger partial charge >= 0.3 is 0 Å². The Morgan fingerprint density at radius 3 is 2.71 bits per heavy atom. The highest BCUT2D eigenvalue weighted by Gasteiger charge is 2.21. The molecule has 0 saturated carbocycles. The number of benzene rings is 2. The van der Waals surface area contributed by atoms with Gasteiger partial charge in [-0.25, -0.2) is 4.98 Å². The van der Waals surface area contributed by atoms with Crippen molar-refractivity contribution in [3.05, 3.63) is 70.6 Å². The summed E-state index contributed by atoms with van der Waals surface area (Å²) in [6, 6.07) is 15.2. The summed E-state index contributed by atoms with van der Waals surface area (Å²) < 4.78 is 1.44. The van der Waals surface area contributed by atoms with Gasteiger partial charge in [-0.05, 0) is 47.9 Å². The second-order valence-corrected chi connectivity index (χ2v) is 8.13. The number of carbonyl (C=O) groups excluding carboxylic acids is 1. The van der Waals surface area contributed by atoms with Crippen molar-refractivity contribution >= 4 is 33.2 Å². The molecule has 3 N–H and O–H groups in total. The second kappa shape index (κ2) is 8.09. The Balaban J connectivity index is 1.50. The van der Waals surface area contributed by atoms with Crippen LogP contribution >= 0.6 is 0 Å². The van der Waals surface area contributed by atoms with E-state index in [1.54, 1.807) is 18.3 Å². The molecule has 5 rings (SSSR count). The third-order valence-electron chi connectivity index (χ3n) is 6.06. The average Bonchev–Trinajstić information content (AvgIpc) is 2.81. The molecule has 2 aromatic carbocycles. The van der Waals surface area contributed by atoms with Crippen LogP contribution in [0, 0.1) is 0 Å². The van der Waals surface area contributed by atoms with Gasteiger partial charge in [0, 0.05) is 24.8 Å². The fourth-order valence-corrected chi connectivity index (χ4v) is 4.42. The van der Waals surface area contributed by atoms with Crippen LogP contribution < -0.4 is 16.2 Å². The Hall–Kier alpha value is -3.29. The van der Waals surface area contributed by atoms with Crippen LogP contribution in [0.25, 0.3) is 27.3 Å². The predicted octanol–water partition coefficient (Wildman–Crippen LogP) is 2.23. The maximum atomic E-state index is 13.1. The number of amides is 1. The largest absolute Gasteiger partial charge is 0.395 e. The molecule has 1 aliphatic heterocycles. The molecule has 4 aromatic rings. The molecular formula is C24H24N4O3. The fourth-order valence-electron chi connectivity index (χ4n) is 4.42. The highest BCUT2D eigenvalue weighted by atomic mass is 16.3. The minimum absolute atomic E-state index is 0.0784. The molecule has 31 heavy (non-hydrogen) atoms. The molecule has 0 aliphatic carbocycles. The zero-order valence-electron chi connectivity index (χ0n) is 17.0. The fraction of sp³-hybridized carbons (Fsp3) is 0.292. The SMILES string of the molecule is O=C(NCC1CCCC(CO)N1)c1cccn2c(=O)c3cc4ccccc4cc3nc12. The Morgan fingerprint density at radius 1 is 1.13 bits per heavy atom. The van der Waals surface area contributed by atoms with E-state index in [-0.39, 0.29) is 30.2 Å². The number of nitrogens with zero attached hydrogens (tertiary/aromatic N) is 2. The molecule has 0 spiro atoms. The van der Waals surface area contributed by atoms with Crippen molar-refractivity contribution in [3.63, 3.8) is 0 Å². The zero-order valence-corrected chi connectivity index (χ0v) is 17.0. The lowest BCUT2D eigenvalue weighted by atomic mass is 9.99. The summed E-state index contributed by atoms with van der Waals surface area (Å²) in [4.78, 5) is 30.8. The van der Waals surface area contributed by atoms with Gasteiger partial charge < -0.3 is 15.7 Å². The lowest BCUT2D eigenvalue weighted by Gasteiger charge is -2.30. The molecule has 7 nitrogen and oxygen atoms in total. The maximum Gasteiger partial charge on any atom is 0.265 e. The number of aliphatic hydroxyl groups excluding tert-OH is 1. The van der Waals surface area contributed by atoms with Gasteiger partial charge in [0.1, 0.15) is 0 Å². The number of carbonyl (C=O) groups is 1. The average molecular weight is 416 g/mol. The number of rotatable bonds is 4. The molecule has 2 unspecified atom stereocenters. The maximum absolute atomic E-state index is 13.1. The lowest BCUT2D eigenvalue weighted by molar-refractivity contribution is 0.0945. The Kier molecular flexibility index (Phi) is 5.13. The van der Waals surface area contributed by atoms with E-state index < -0.39 is 0 Å². The van der Waals surface area contributed by atoms with E-state index in [0.29, 0.717) is 28.7 Å². The number of piperidine rings is 1. The summed E-state index contributed by atoms with van der Waals surface area (Å²) in [5.74, 6) is -0.266. The first-order chi connectivity index (χ1) is 15.1. The molecule has 0 radical (unpaired) electrons. The minimum Gasteiger partial charge on any atom is -0.395 e. The van der Waals surface area contributed by atoms with Crippen LogP contribution in [0.2, 0.25) is 0 Å². The summed E-state index contributed by atoms with van der Waals surface area (Å²) in [7, 11) is 0. The van der Waals surface area contributed by atoms with Crippen LogP contribution in [0.4, 0.5) is 0 Å². The first-order valence-electron chi connectivity index (χ1n) is 10.6. The van der Waals surface area contributed by atoms with Gasteiger partial charge in [-0.2, -0.15) is 0 Å². The zero-order chi connectivity index (χ0) is 21.4. The summed E-state index contributed by atoms with van der Waals surface area (Å²) in [6.45, 7) is 0.557. The van der Waals surface area contributed by atoms with Gasteiger partial charge in [0.15, 0.2) is 5.65 Å². The van der Waals surface area contributed by atoms with E-state index in [1.807, 2.05) is 36.4 Å². The molecule has 1 aliphatic rings. The van der Waals surface area contributed by atoms with E-state index in [4.69, 9.17) is 0 Å². The van der Waals surface area contributed by atoms with Crippen molar-refractivity contribution in [1.29, 1.82) is 0 Å². The highest BCUT2D eigenvalue weighted by Crippen LogP contribution is 2.21. The van der Waals surface area contributed by atoms with E-state index in [1.165, 1.54) is 4.40 Å². The summed E-state index contributed by atoms with van der Waals surface area (Å²) in [6.07, 6.45) is 4.55. The first-order valence-corrected chi connectivity index (χ1v) is 10.6. The van der Waals surface area contributed by atoms with Gasteiger partial charge in [-0.3, -0.25) is 14.0 Å². The molecule has 1 amide bonds. The summed E-state index contributed by atoms with van der Waals surface area (Å²) in [5.41, 5.74) is 1.09. The van der Waals surface area contributed by atoms with Crippen LogP contribution in [0.1, 0.15) is 29.6 Å². The normalized spacial score (nSPS) is 19.1. The molecule has 2 aromatic heterocycles. The number of hydrogen-bond donors (Lipinski definition) is 3. The third kappa shape index (κ3) is 3.66. The van der Waals surface area contributed by atoms with Gasteiger partial charge in [-0.1, -0.05) is 30.7 Å². The van der Waals surface area contributed by atoms with Crippen molar-refractivity contribution in [1.82, 2.24) is 20.0 Å². The third-order valence-corrected chi connectivity index (χ3v) is 6.06. The van der Waals surface area contributed by atoms with Gasteiger partial charge in [0.05, 0.1) is 23.1 Å². The van der Waals surface area contributed by atoms with Crippen LogP contribution in [0.5, 0.6) is 0 Å². The van der Waals surface area contributed by atoms with Crippen molar-refractivity contribution in [2.45, 2.75) is 31.3 Å². The smallest absolute Gasteiger partial charge is 0.265 e. The number of aliphatic hydroxyl groups is 1. The lowest BCUT2D eigenvalue weighted by Crippen LogP contribution is -2.49. The van der Waals surface area contributed by atoms with Crippen LogP contribution in [0.15, 0.2) is 59.5 Å². The molecule has 158 valence electrons. The quantitative estimate of drug-likeness (QED) is 0.444.